The van der Waals surface area contributed by atoms with Crippen LogP contribution in [0, 0.1) is 0 Å². The van der Waals surface area contributed by atoms with Gasteiger partial charge in [0, 0.05) is 51.1 Å². The number of aromatic nitrogens is 2. The second-order valence-corrected chi connectivity index (χ2v) is 12.1. The number of hydrogen-bond donors (Lipinski definition) is 3. The van der Waals surface area contributed by atoms with E-state index in [4.69, 9.17) is 16.4 Å². The van der Waals surface area contributed by atoms with Crippen molar-refractivity contribution in [2.45, 2.75) is 44.3 Å². The summed E-state index contributed by atoms with van der Waals surface area (Å²) < 4.78 is 26.4. The van der Waals surface area contributed by atoms with Gasteiger partial charge in [-0.1, -0.05) is 30.5 Å². The predicted octanol–water partition coefficient (Wildman–Crippen LogP) is 3.01. The number of hydroxylamine groups is 2. The van der Waals surface area contributed by atoms with E-state index in [9.17, 15) is 13.2 Å². The van der Waals surface area contributed by atoms with Crippen LogP contribution in [0.2, 0.25) is 5.02 Å². The lowest BCUT2D eigenvalue weighted by molar-refractivity contribution is -0.113. The van der Waals surface area contributed by atoms with Gasteiger partial charge in [0.25, 0.3) is 0 Å². The molecule has 4 rings (SSSR count). The third kappa shape index (κ3) is 7.37. The van der Waals surface area contributed by atoms with Gasteiger partial charge in [-0.15, -0.1) is 5.06 Å². The molecule has 0 saturated heterocycles. The van der Waals surface area contributed by atoms with Crippen molar-refractivity contribution in [3.05, 3.63) is 35.0 Å². The summed E-state index contributed by atoms with van der Waals surface area (Å²) in [5.41, 5.74) is 2.81. The standard InChI is InChI=1S/C24H35ClN8O4S/c1-31(2)24(34)37-33-12-11-32(3)21-13-17(10-9-16(21)15-33)27-23-26-14-18(25)22(29-23)28-19-7-5-6-8-20(19)30-38(4,35)36/h9-10,13-14,19-20,30H,5-8,11-12,15H2,1-4H3,(H2,26,27,28,29)/t19-,20-/m1/s1. The average molecular weight is 567 g/mol. The van der Waals surface area contributed by atoms with Gasteiger partial charge < -0.3 is 25.3 Å². The fourth-order valence-electron chi connectivity index (χ4n) is 4.60. The Kier molecular flexibility index (Phi) is 8.81. The van der Waals surface area contributed by atoms with Crippen molar-refractivity contribution in [1.82, 2.24) is 24.7 Å². The second kappa shape index (κ2) is 11.9. The molecule has 14 heteroatoms. The fraction of sp³-hybridized carbons (Fsp3) is 0.542. The molecule has 38 heavy (non-hydrogen) atoms. The van der Waals surface area contributed by atoms with Gasteiger partial charge in [0.1, 0.15) is 5.02 Å². The first-order valence-corrected chi connectivity index (χ1v) is 14.8. The number of fused-ring (bicyclic) bond motifs is 1. The van der Waals surface area contributed by atoms with Crippen LogP contribution in [0.25, 0.3) is 0 Å². The Morgan fingerprint density at radius 3 is 2.63 bits per heavy atom. The van der Waals surface area contributed by atoms with E-state index in [1.54, 1.807) is 19.2 Å². The van der Waals surface area contributed by atoms with Gasteiger partial charge in [0.15, 0.2) is 5.82 Å². The fourth-order valence-corrected chi connectivity index (χ4v) is 5.58. The molecule has 208 valence electrons. The Balaban J connectivity index is 1.49. The summed E-state index contributed by atoms with van der Waals surface area (Å²) >= 11 is 6.40. The highest BCUT2D eigenvalue weighted by Gasteiger charge is 2.28. The maximum Gasteiger partial charge on any atom is 0.428 e. The normalized spacial score (nSPS) is 20.3. The van der Waals surface area contributed by atoms with Crippen LogP contribution in [0.4, 0.5) is 27.9 Å². The number of anilines is 4. The molecule has 2 atom stereocenters. The molecule has 1 aromatic carbocycles. The van der Waals surface area contributed by atoms with E-state index in [0.29, 0.717) is 36.4 Å². The van der Waals surface area contributed by atoms with E-state index in [2.05, 4.69) is 30.2 Å². The molecule has 0 radical (unpaired) electrons. The largest absolute Gasteiger partial charge is 0.428 e. The third-order valence-electron chi connectivity index (χ3n) is 6.55. The monoisotopic (exact) mass is 566 g/mol. The summed E-state index contributed by atoms with van der Waals surface area (Å²) in [5.74, 6) is 0.805. The number of rotatable bonds is 7. The molecule has 1 aliphatic heterocycles. The molecule has 1 aromatic heterocycles. The molecule has 0 unspecified atom stereocenters. The minimum Gasteiger partial charge on any atom is -0.373 e. The van der Waals surface area contributed by atoms with Crippen molar-refractivity contribution in [3.63, 3.8) is 0 Å². The number of nitrogens with one attached hydrogen (secondary N) is 3. The SMILES string of the molecule is CN(C)C(=O)ON1CCN(C)c2cc(Nc3ncc(Cl)c(N[C@@H]4CCCC[C@H]4NS(C)(=O)=O)n3)ccc2C1. The maximum absolute atomic E-state index is 12.0. The maximum atomic E-state index is 12.0. The highest BCUT2D eigenvalue weighted by molar-refractivity contribution is 7.88. The number of benzene rings is 1. The van der Waals surface area contributed by atoms with Crippen LogP contribution in [-0.4, -0.2) is 87.0 Å². The number of nitrogens with zero attached hydrogens (tertiary/aromatic N) is 5. The molecule has 1 fully saturated rings. The van der Waals surface area contributed by atoms with Gasteiger partial charge >= 0.3 is 6.09 Å². The van der Waals surface area contributed by atoms with E-state index in [1.165, 1.54) is 17.4 Å². The van der Waals surface area contributed by atoms with Gasteiger partial charge in [-0.05, 0) is 30.5 Å². The molecule has 0 bridgehead atoms. The minimum atomic E-state index is -3.34. The average Bonchev–Trinajstić information content (AvgIpc) is 3.00. The zero-order valence-corrected chi connectivity index (χ0v) is 23.6. The molecule has 2 heterocycles. The van der Waals surface area contributed by atoms with Gasteiger partial charge in [-0.3, -0.25) is 0 Å². The quantitative estimate of drug-likeness (QED) is 0.459. The Morgan fingerprint density at radius 1 is 1.18 bits per heavy atom. The van der Waals surface area contributed by atoms with Crippen LogP contribution in [-0.2, 0) is 21.4 Å². The molecule has 1 amide bonds. The molecule has 1 aliphatic carbocycles. The Morgan fingerprint density at radius 2 is 1.92 bits per heavy atom. The number of sulfonamides is 1. The van der Waals surface area contributed by atoms with Crippen LogP contribution in [0.3, 0.4) is 0 Å². The summed E-state index contributed by atoms with van der Waals surface area (Å²) in [4.78, 5) is 29.9. The zero-order valence-electron chi connectivity index (χ0n) is 22.1. The zero-order chi connectivity index (χ0) is 27.4. The number of hydrogen-bond acceptors (Lipinski definition) is 10. The number of carbonyl (C=O) groups is 1. The van der Waals surface area contributed by atoms with Gasteiger partial charge in [0.05, 0.1) is 25.5 Å². The molecular formula is C24H35ClN8O4S. The Labute approximate surface area is 228 Å². The summed E-state index contributed by atoms with van der Waals surface area (Å²) in [6.07, 6.45) is 5.77. The van der Waals surface area contributed by atoms with E-state index in [0.717, 1.165) is 42.6 Å². The number of carbonyl (C=O) groups excluding carboxylic acids is 1. The van der Waals surface area contributed by atoms with Crippen molar-refractivity contribution < 1.29 is 18.0 Å². The van der Waals surface area contributed by atoms with Crippen LogP contribution in [0.15, 0.2) is 24.4 Å². The third-order valence-corrected chi connectivity index (χ3v) is 7.56. The molecule has 0 spiro atoms. The summed E-state index contributed by atoms with van der Waals surface area (Å²) in [6, 6.07) is 5.53. The van der Waals surface area contributed by atoms with E-state index < -0.39 is 16.1 Å². The molecular weight excluding hydrogens is 532 g/mol. The topological polar surface area (TPSA) is 132 Å². The number of amides is 1. The predicted molar refractivity (Wildman–Crippen MR) is 148 cm³/mol. The van der Waals surface area contributed by atoms with E-state index in [-0.39, 0.29) is 12.1 Å². The molecule has 3 N–H and O–H groups in total. The first-order chi connectivity index (χ1) is 18.0. The second-order valence-electron chi connectivity index (χ2n) is 9.93. The smallest absolute Gasteiger partial charge is 0.373 e. The Bertz CT molecular complexity index is 1260. The first-order valence-electron chi connectivity index (χ1n) is 12.5. The summed E-state index contributed by atoms with van der Waals surface area (Å²) in [7, 11) is 1.96. The van der Waals surface area contributed by atoms with Crippen molar-refractivity contribution in [2.24, 2.45) is 0 Å². The van der Waals surface area contributed by atoms with Crippen molar-refractivity contribution >= 4 is 50.9 Å². The van der Waals surface area contributed by atoms with E-state index >= 15 is 0 Å². The van der Waals surface area contributed by atoms with Crippen molar-refractivity contribution in [2.75, 3.05) is 56.0 Å². The van der Waals surface area contributed by atoms with Crippen LogP contribution >= 0.6 is 11.6 Å². The van der Waals surface area contributed by atoms with Gasteiger partial charge in [-0.2, -0.15) is 4.98 Å². The highest BCUT2D eigenvalue weighted by atomic mass is 35.5. The van der Waals surface area contributed by atoms with E-state index in [1.807, 2.05) is 25.2 Å². The van der Waals surface area contributed by atoms with Crippen LogP contribution < -0.4 is 20.3 Å². The molecule has 2 aliphatic rings. The lowest BCUT2D eigenvalue weighted by Crippen LogP contribution is -2.48. The minimum absolute atomic E-state index is 0.135. The molecule has 12 nitrogen and oxygen atoms in total. The van der Waals surface area contributed by atoms with Crippen LogP contribution in [0.5, 0.6) is 0 Å². The summed E-state index contributed by atoms with van der Waals surface area (Å²) in [5, 5.41) is 8.59. The number of likely N-dealkylation sites (N-methyl/N-ethyl adjacent to an activating group) is 1. The van der Waals surface area contributed by atoms with Crippen LogP contribution in [0.1, 0.15) is 31.2 Å². The van der Waals surface area contributed by atoms with Gasteiger partial charge in [-0.25, -0.2) is 22.9 Å². The lowest BCUT2D eigenvalue weighted by atomic mass is 9.91. The highest BCUT2D eigenvalue weighted by Crippen LogP contribution is 2.30. The molecule has 1 saturated carbocycles. The Hall–Kier alpha value is -2.87. The lowest BCUT2D eigenvalue weighted by Gasteiger charge is -2.32. The van der Waals surface area contributed by atoms with Crippen molar-refractivity contribution in [3.8, 4) is 0 Å². The van der Waals surface area contributed by atoms with Gasteiger partial charge in [0.2, 0.25) is 16.0 Å². The summed E-state index contributed by atoms with van der Waals surface area (Å²) in [6.45, 7) is 1.71. The molecule has 2 aromatic rings. The first kappa shape index (κ1) is 28.1. The van der Waals surface area contributed by atoms with Crippen molar-refractivity contribution in [1.29, 1.82) is 0 Å². The number of halogens is 1.